The van der Waals surface area contributed by atoms with Crippen LogP contribution in [0.5, 0.6) is 0 Å². The van der Waals surface area contributed by atoms with Crippen LogP contribution in [0.2, 0.25) is 0 Å². The van der Waals surface area contributed by atoms with Crippen LogP contribution in [0.3, 0.4) is 0 Å². The largest absolute Gasteiger partial charge is 0.395 e. The van der Waals surface area contributed by atoms with Crippen LogP contribution < -0.4 is 0 Å². The average Bonchev–Trinajstić information content (AvgIpc) is 2.07. The van der Waals surface area contributed by atoms with Crippen molar-refractivity contribution in [2.75, 3.05) is 6.61 Å². The molecule has 0 amide bonds. The van der Waals surface area contributed by atoms with E-state index in [2.05, 4.69) is 17.9 Å². The van der Waals surface area contributed by atoms with Crippen molar-refractivity contribution in [3.8, 4) is 11.8 Å². The highest BCUT2D eigenvalue weighted by atomic mass is 16.2. The summed E-state index contributed by atoms with van der Waals surface area (Å²) < 4.78 is 0. The van der Waals surface area contributed by atoms with Gasteiger partial charge in [0.1, 0.15) is 0 Å². The molecule has 0 bridgehead atoms. The van der Waals surface area contributed by atoms with E-state index in [1.807, 2.05) is 24.3 Å². The Bertz CT molecular complexity index is 253. The van der Waals surface area contributed by atoms with Crippen molar-refractivity contribution >= 4 is 0 Å². The summed E-state index contributed by atoms with van der Waals surface area (Å²) in [5, 5.41) is 8.44. The Morgan fingerprint density at radius 3 is 2.73 bits per heavy atom. The topological polar surface area (TPSA) is 20.2 Å². The molecule has 1 heteroatoms. The minimum absolute atomic E-state index is 0.131. The van der Waals surface area contributed by atoms with Crippen LogP contribution in [0.1, 0.15) is 12.0 Å². The quantitative estimate of drug-likeness (QED) is 0.589. The maximum atomic E-state index is 8.44. The maximum absolute atomic E-state index is 8.44. The lowest BCUT2D eigenvalue weighted by molar-refractivity contribution is 0.305. The van der Waals surface area contributed by atoms with Gasteiger partial charge in [-0.05, 0) is 18.2 Å². The van der Waals surface area contributed by atoms with Crippen LogP contribution in [0.15, 0.2) is 24.3 Å². The third-order valence-corrected chi connectivity index (χ3v) is 1.19. The van der Waals surface area contributed by atoms with Crippen molar-refractivity contribution in [1.82, 2.24) is 0 Å². The molecule has 0 saturated carbocycles. The first-order chi connectivity index (χ1) is 5.43. The molecule has 11 heavy (non-hydrogen) atoms. The normalized spacial score (nSPS) is 8.45. The van der Waals surface area contributed by atoms with Gasteiger partial charge in [0.15, 0.2) is 0 Å². The zero-order valence-electron chi connectivity index (χ0n) is 6.17. The molecule has 0 aliphatic rings. The van der Waals surface area contributed by atoms with Gasteiger partial charge in [-0.15, -0.1) is 0 Å². The van der Waals surface area contributed by atoms with Gasteiger partial charge in [0.2, 0.25) is 0 Å². The standard InChI is InChI=1S/C10H9O/c11-9-5-4-8-10-6-2-1-3-7-10/h2-3,6-7,11H,5,9H2. The minimum atomic E-state index is 0.131. The van der Waals surface area contributed by atoms with Crippen molar-refractivity contribution in [3.05, 3.63) is 35.9 Å². The highest BCUT2D eigenvalue weighted by Gasteiger charge is 1.80. The molecule has 0 heterocycles. The lowest BCUT2D eigenvalue weighted by Crippen LogP contribution is -1.76. The summed E-state index contributed by atoms with van der Waals surface area (Å²) in [5.74, 6) is 5.75. The molecule has 0 fully saturated rings. The Hall–Kier alpha value is -1.26. The number of aliphatic hydroxyl groups excluding tert-OH is 1. The third-order valence-electron chi connectivity index (χ3n) is 1.19. The fourth-order valence-electron chi connectivity index (χ4n) is 0.691. The molecular formula is C10H9O. The molecule has 1 aromatic rings. The molecule has 0 aliphatic heterocycles. The molecule has 1 radical (unpaired) electrons. The van der Waals surface area contributed by atoms with Crippen molar-refractivity contribution in [3.63, 3.8) is 0 Å². The second-order valence-electron chi connectivity index (χ2n) is 2.06. The Morgan fingerprint density at radius 2 is 2.09 bits per heavy atom. The summed E-state index contributed by atoms with van der Waals surface area (Å²) in [6.45, 7) is 0.131. The Labute approximate surface area is 66.7 Å². The van der Waals surface area contributed by atoms with E-state index in [1.54, 1.807) is 0 Å². The molecule has 0 aromatic heterocycles. The van der Waals surface area contributed by atoms with Crippen LogP contribution >= 0.6 is 0 Å². The van der Waals surface area contributed by atoms with Crippen LogP contribution in [0, 0.1) is 17.9 Å². The number of benzene rings is 1. The summed E-state index contributed by atoms with van der Waals surface area (Å²) in [4.78, 5) is 0. The lowest BCUT2D eigenvalue weighted by Gasteiger charge is -1.84. The average molecular weight is 145 g/mol. The predicted molar refractivity (Wildman–Crippen MR) is 43.9 cm³/mol. The van der Waals surface area contributed by atoms with Crippen LogP contribution in [0.25, 0.3) is 0 Å². The summed E-state index contributed by atoms with van der Waals surface area (Å²) in [7, 11) is 0. The molecule has 0 aliphatic carbocycles. The van der Waals surface area contributed by atoms with Gasteiger partial charge in [0.05, 0.1) is 6.61 Å². The monoisotopic (exact) mass is 145 g/mol. The second kappa shape index (κ2) is 4.54. The van der Waals surface area contributed by atoms with Gasteiger partial charge in [-0.2, -0.15) is 0 Å². The SMILES string of the molecule is OCCC#Cc1cc[c]cc1. The summed E-state index contributed by atoms with van der Waals surface area (Å²) in [6, 6.07) is 10.3. The third kappa shape index (κ3) is 2.88. The number of rotatable bonds is 1. The van der Waals surface area contributed by atoms with Gasteiger partial charge in [-0.25, -0.2) is 0 Å². The van der Waals surface area contributed by atoms with E-state index < -0.39 is 0 Å². The van der Waals surface area contributed by atoms with E-state index in [4.69, 9.17) is 5.11 Å². The molecule has 0 atom stereocenters. The highest BCUT2D eigenvalue weighted by Crippen LogP contribution is 1.93. The molecule has 1 N–H and O–H groups in total. The van der Waals surface area contributed by atoms with Crippen molar-refractivity contribution in [1.29, 1.82) is 0 Å². The number of aliphatic hydroxyl groups is 1. The summed E-state index contributed by atoms with van der Waals surface area (Å²) >= 11 is 0. The first-order valence-corrected chi connectivity index (χ1v) is 3.49. The molecule has 1 nitrogen and oxygen atoms in total. The van der Waals surface area contributed by atoms with Gasteiger partial charge in [-0.3, -0.25) is 0 Å². The van der Waals surface area contributed by atoms with Crippen LogP contribution in [-0.4, -0.2) is 11.7 Å². The first kappa shape index (κ1) is 7.84. The van der Waals surface area contributed by atoms with Gasteiger partial charge >= 0.3 is 0 Å². The zero-order valence-corrected chi connectivity index (χ0v) is 6.17. The van der Waals surface area contributed by atoms with E-state index in [0.717, 1.165) is 5.56 Å². The second-order valence-corrected chi connectivity index (χ2v) is 2.06. The maximum Gasteiger partial charge on any atom is 0.0540 e. The minimum Gasteiger partial charge on any atom is -0.395 e. The Morgan fingerprint density at radius 1 is 1.36 bits per heavy atom. The molecule has 0 spiro atoms. The number of hydrogen-bond donors (Lipinski definition) is 1. The zero-order chi connectivity index (χ0) is 7.94. The molecule has 55 valence electrons. The smallest absolute Gasteiger partial charge is 0.0540 e. The Balaban J connectivity index is 2.59. The first-order valence-electron chi connectivity index (χ1n) is 3.49. The summed E-state index contributed by atoms with van der Waals surface area (Å²) in [5.41, 5.74) is 0.970. The highest BCUT2D eigenvalue weighted by molar-refractivity contribution is 5.33. The van der Waals surface area contributed by atoms with Crippen molar-refractivity contribution in [2.45, 2.75) is 6.42 Å². The van der Waals surface area contributed by atoms with Crippen molar-refractivity contribution < 1.29 is 5.11 Å². The fourth-order valence-corrected chi connectivity index (χ4v) is 0.691. The van der Waals surface area contributed by atoms with E-state index in [9.17, 15) is 0 Å². The van der Waals surface area contributed by atoms with E-state index in [1.165, 1.54) is 0 Å². The van der Waals surface area contributed by atoms with Crippen molar-refractivity contribution in [2.24, 2.45) is 0 Å². The fraction of sp³-hybridized carbons (Fsp3) is 0.200. The van der Waals surface area contributed by atoms with Gasteiger partial charge in [0, 0.05) is 12.0 Å². The van der Waals surface area contributed by atoms with Gasteiger partial charge in [0.25, 0.3) is 0 Å². The van der Waals surface area contributed by atoms with Crippen LogP contribution in [-0.2, 0) is 0 Å². The van der Waals surface area contributed by atoms with E-state index in [0.29, 0.717) is 6.42 Å². The molecule has 1 rings (SSSR count). The Kier molecular flexibility index (Phi) is 3.24. The van der Waals surface area contributed by atoms with E-state index in [-0.39, 0.29) is 6.61 Å². The van der Waals surface area contributed by atoms with Crippen LogP contribution in [0.4, 0.5) is 0 Å². The lowest BCUT2D eigenvalue weighted by atomic mass is 10.2. The van der Waals surface area contributed by atoms with E-state index >= 15 is 0 Å². The predicted octanol–water partition coefficient (Wildman–Crippen LogP) is 1.22. The van der Waals surface area contributed by atoms with Gasteiger partial charge < -0.3 is 5.11 Å². The molecular weight excluding hydrogens is 136 g/mol. The number of hydrogen-bond acceptors (Lipinski definition) is 1. The summed E-state index contributed by atoms with van der Waals surface area (Å²) in [6.07, 6.45) is 0.540. The molecule has 0 saturated heterocycles. The van der Waals surface area contributed by atoms with Gasteiger partial charge in [-0.1, -0.05) is 24.0 Å². The molecule has 0 unspecified atom stereocenters. The molecule has 1 aromatic carbocycles.